The number of benzene rings is 1. The Morgan fingerprint density at radius 2 is 2.00 bits per heavy atom. The Kier molecular flexibility index (Phi) is 3.20. The van der Waals surface area contributed by atoms with Gasteiger partial charge in [-0.3, -0.25) is 15.1 Å². The van der Waals surface area contributed by atoms with Crippen LogP contribution in [0.25, 0.3) is 0 Å². The zero-order valence-electron chi connectivity index (χ0n) is 8.54. The number of nitrogens with zero attached hydrogens (tertiary/aromatic N) is 2. The molecule has 1 aromatic heterocycles. The van der Waals surface area contributed by atoms with E-state index in [9.17, 15) is 10.1 Å². The molecule has 0 bridgehead atoms. The molecule has 5 nitrogen and oxygen atoms in total. The van der Waals surface area contributed by atoms with Gasteiger partial charge < -0.3 is 4.74 Å². The maximum Gasteiger partial charge on any atom is 0.314 e. The van der Waals surface area contributed by atoms with Crippen LogP contribution in [0.1, 0.15) is 0 Å². The van der Waals surface area contributed by atoms with Gasteiger partial charge in [-0.1, -0.05) is 23.7 Å². The first kappa shape index (κ1) is 11.3. The fourth-order valence-corrected chi connectivity index (χ4v) is 1.42. The number of hydrogen-bond donors (Lipinski definition) is 0. The standard InChI is InChI=1S/C11H7ClN2O3/c12-8-3-1-2-4-10(8)17-11-7-13-6-5-9(11)14(15)16/h1-7H. The van der Waals surface area contributed by atoms with E-state index in [1.807, 2.05) is 0 Å². The second-order valence-electron chi connectivity index (χ2n) is 3.13. The van der Waals surface area contributed by atoms with Gasteiger partial charge in [-0.05, 0) is 12.1 Å². The number of rotatable bonds is 3. The number of para-hydroxylation sites is 1. The van der Waals surface area contributed by atoms with E-state index in [0.717, 1.165) is 0 Å². The van der Waals surface area contributed by atoms with Crippen LogP contribution in [0.15, 0.2) is 42.7 Å². The maximum atomic E-state index is 10.8. The molecular formula is C11H7ClN2O3. The van der Waals surface area contributed by atoms with Gasteiger partial charge in [0.15, 0.2) is 0 Å². The van der Waals surface area contributed by atoms with E-state index in [0.29, 0.717) is 10.8 Å². The van der Waals surface area contributed by atoms with E-state index in [1.54, 1.807) is 24.3 Å². The van der Waals surface area contributed by atoms with E-state index in [2.05, 4.69) is 4.98 Å². The summed E-state index contributed by atoms with van der Waals surface area (Å²) in [5, 5.41) is 11.1. The Hall–Kier alpha value is -2.14. The number of hydrogen-bond acceptors (Lipinski definition) is 4. The molecule has 2 rings (SSSR count). The summed E-state index contributed by atoms with van der Waals surface area (Å²) >= 11 is 5.89. The molecule has 6 heteroatoms. The second kappa shape index (κ2) is 4.80. The summed E-state index contributed by atoms with van der Waals surface area (Å²) in [6.07, 6.45) is 2.61. The smallest absolute Gasteiger partial charge is 0.314 e. The summed E-state index contributed by atoms with van der Waals surface area (Å²) in [4.78, 5) is 14.0. The minimum absolute atomic E-state index is 0.0607. The van der Waals surface area contributed by atoms with Crippen LogP contribution >= 0.6 is 11.6 Å². The first-order valence-electron chi connectivity index (χ1n) is 4.69. The third-order valence-electron chi connectivity index (χ3n) is 2.02. The van der Waals surface area contributed by atoms with Gasteiger partial charge in [0.05, 0.1) is 16.1 Å². The summed E-state index contributed by atoms with van der Waals surface area (Å²) in [6, 6.07) is 8.00. The van der Waals surface area contributed by atoms with Crippen LogP contribution in [-0.2, 0) is 0 Å². The van der Waals surface area contributed by atoms with Crippen molar-refractivity contribution in [3.8, 4) is 11.5 Å². The second-order valence-corrected chi connectivity index (χ2v) is 3.54. The predicted molar refractivity (Wildman–Crippen MR) is 62.4 cm³/mol. The summed E-state index contributed by atoms with van der Waals surface area (Å²) < 4.78 is 5.37. The fraction of sp³-hybridized carbons (Fsp3) is 0. The Labute approximate surface area is 102 Å². The van der Waals surface area contributed by atoms with Gasteiger partial charge in [-0.25, -0.2) is 0 Å². The summed E-state index contributed by atoms with van der Waals surface area (Å²) in [7, 11) is 0. The molecule has 0 atom stereocenters. The maximum absolute atomic E-state index is 10.8. The molecule has 1 heterocycles. The number of aromatic nitrogens is 1. The first-order chi connectivity index (χ1) is 8.18. The zero-order valence-corrected chi connectivity index (χ0v) is 9.29. The Morgan fingerprint density at radius 1 is 1.24 bits per heavy atom. The van der Waals surface area contributed by atoms with Crippen LogP contribution in [0.4, 0.5) is 5.69 Å². The topological polar surface area (TPSA) is 65.3 Å². The summed E-state index contributed by atoms with van der Waals surface area (Å²) in [5.74, 6) is 0.413. The van der Waals surface area contributed by atoms with E-state index in [1.165, 1.54) is 18.5 Å². The first-order valence-corrected chi connectivity index (χ1v) is 5.07. The molecule has 0 radical (unpaired) electrons. The number of ether oxygens (including phenoxy) is 1. The van der Waals surface area contributed by atoms with Crippen LogP contribution in [0.2, 0.25) is 5.02 Å². The van der Waals surface area contributed by atoms with Crippen molar-refractivity contribution in [3.63, 3.8) is 0 Å². The highest BCUT2D eigenvalue weighted by molar-refractivity contribution is 6.32. The van der Waals surface area contributed by atoms with Crippen LogP contribution in [0, 0.1) is 10.1 Å². The minimum Gasteiger partial charge on any atom is -0.447 e. The molecular weight excluding hydrogens is 244 g/mol. The summed E-state index contributed by atoms with van der Waals surface area (Å²) in [6.45, 7) is 0. The molecule has 0 amide bonds. The third kappa shape index (κ3) is 2.51. The molecule has 0 unspecified atom stereocenters. The Balaban J connectivity index is 2.37. The molecule has 0 aliphatic rings. The van der Waals surface area contributed by atoms with Crippen LogP contribution in [-0.4, -0.2) is 9.91 Å². The lowest BCUT2D eigenvalue weighted by Crippen LogP contribution is -1.94. The van der Waals surface area contributed by atoms with Gasteiger partial charge in [-0.2, -0.15) is 0 Å². The highest BCUT2D eigenvalue weighted by Gasteiger charge is 2.15. The normalized spacial score (nSPS) is 9.94. The Bertz CT molecular complexity index is 560. The molecule has 0 aliphatic heterocycles. The molecule has 1 aromatic carbocycles. The zero-order chi connectivity index (χ0) is 12.3. The molecule has 17 heavy (non-hydrogen) atoms. The monoisotopic (exact) mass is 250 g/mol. The lowest BCUT2D eigenvalue weighted by Gasteiger charge is -2.06. The van der Waals surface area contributed by atoms with Crippen molar-refractivity contribution in [2.24, 2.45) is 0 Å². The van der Waals surface area contributed by atoms with E-state index in [4.69, 9.17) is 16.3 Å². The molecule has 0 saturated heterocycles. The summed E-state index contributed by atoms with van der Waals surface area (Å²) in [5.41, 5.74) is -0.153. The molecule has 0 N–H and O–H groups in total. The van der Waals surface area contributed by atoms with Gasteiger partial charge >= 0.3 is 5.69 Å². The van der Waals surface area contributed by atoms with Gasteiger partial charge in [0.1, 0.15) is 5.75 Å². The van der Waals surface area contributed by atoms with Crippen molar-refractivity contribution in [2.75, 3.05) is 0 Å². The lowest BCUT2D eigenvalue weighted by molar-refractivity contribution is -0.385. The predicted octanol–water partition coefficient (Wildman–Crippen LogP) is 3.44. The molecule has 2 aromatic rings. The van der Waals surface area contributed by atoms with E-state index in [-0.39, 0.29) is 11.4 Å². The van der Waals surface area contributed by atoms with Crippen molar-refractivity contribution in [2.45, 2.75) is 0 Å². The largest absolute Gasteiger partial charge is 0.447 e. The number of halogens is 1. The highest BCUT2D eigenvalue weighted by Crippen LogP contribution is 2.33. The lowest BCUT2D eigenvalue weighted by atomic mass is 10.3. The molecule has 0 spiro atoms. The number of nitro groups is 1. The molecule has 0 saturated carbocycles. The van der Waals surface area contributed by atoms with Crippen LogP contribution in [0.3, 0.4) is 0 Å². The average Bonchev–Trinajstić information content (AvgIpc) is 2.32. The Morgan fingerprint density at radius 3 is 2.71 bits per heavy atom. The van der Waals surface area contributed by atoms with Gasteiger partial charge in [0.2, 0.25) is 5.75 Å². The fourth-order valence-electron chi connectivity index (χ4n) is 1.25. The highest BCUT2D eigenvalue weighted by atomic mass is 35.5. The van der Waals surface area contributed by atoms with Gasteiger partial charge in [0.25, 0.3) is 0 Å². The van der Waals surface area contributed by atoms with Crippen molar-refractivity contribution in [1.82, 2.24) is 4.98 Å². The van der Waals surface area contributed by atoms with E-state index >= 15 is 0 Å². The minimum atomic E-state index is -0.534. The van der Waals surface area contributed by atoms with Crippen molar-refractivity contribution < 1.29 is 9.66 Å². The molecule has 86 valence electrons. The van der Waals surface area contributed by atoms with Crippen LogP contribution in [0.5, 0.6) is 11.5 Å². The van der Waals surface area contributed by atoms with Crippen LogP contribution < -0.4 is 4.74 Å². The number of pyridine rings is 1. The van der Waals surface area contributed by atoms with Gasteiger partial charge in [-0.15, -0.1) is 0 Å². The van der Waals surface area contributed by atoms with Crippen molar-refractivity contribution >= 4 is 17.3 Å². The molecule has 0 fully saturated rings. The average molecular weight is 251 g/mol. The third-order valence-corrected chi connectivity index (χ3v) is 2.33. The van der Waals surface area contributed by atoms with Crippen molar-refractivity contribution in [1.29, 1.82) is 0 Å². The SMILES string of the molecule is O=[N+]([O-])c1ccncc1Oc1ccccc1Cl. The molecule has 0 aliphatic carbocycles. The van der Waals surface area contributed by atoms with Gasteiger partial charge in [0, 0.05) is 12.3 Å². The quantitative estimate of drug-likeness (QED) is 0.618. The van der Waals surface area contributed by atoms with E-state index < -0.39 is 4.92 Å². The van der Waals surface area contributed by atoms with Crippen molar-refractivity contribution in [3.05, 3.63) is 57.9 Å².